The van der Waals surface area contributed by atoms with Crippen molar-refractivity contribution in [3.05, 3.63) is 0 Å². The molecule has 0 spiro atoms. The molecule has 1 saturated heterocycles. The Morgan fingerprint density at radius 2 is 1.85 bits per heavy atom. The van der Waals surface area contributed by atoms with Crippen LogP contribution in [-0.4, -0.2) is 53.3 Å². The highest BCUT2D eigenvalue weighted by atomic mass is 32.2. The maximum Gasteiger partial charge on any atom is 0.322 e. The molecule has 1 aliphatic carbocycles. The molecule has 3 atom stereocenters. The van der Waals surface area contributed by atoms with E-state index in [0.717, 1.165) is 25.7 Å². The van der Waals surface area contributed by atoms with Crippen LogP contribution in [0.4, 0.5) is 0 Å². The van der Waals surface area contributed by atoms with Crippen molar-refractivity contribution in [2.24, 2.45) is 5.92 Å². The molecule has 20 heavy (non-hydrogen) atoms. The van der Waals surface area contributed by atoms with Gasteiger partial charge < -0.3 is 5.11 Å². The van der Waals surface area contributed by atoms with Crippen LogP contribution in [0.15, 0.2) is 0 Å². The van der Waals surface area contributed by atoms with Crippen molar-refractivity contribution in [2.75, 3.05) is 13.1 Å². The number of hydrogen-bond donors (Lipinski definition) is 1. The SMILES string of the molecule is CCN(CC)S(=O)(=O)N1[C@@H]2CCCC[C@H]2C[C@H]1C(=O)O. The Hall–Kier alpha value is -0.660. The molecule has 1 N–H and O–H groups in total. The zero-order valence-electron chi connectivity index (χ0n) is 12.2. The van der Waals surface area contributed by atoms with Gasteiger partial charge in [0, 0.05) is 19.1 Å². The Labute approximate surface area is 120 Å². The van der Waals surface area contributed by atoms with E-state index in [1.165, 1.54) is 8.61 Å². The number of carboxylic acids is 1. The molecular weight excluding hydrogens is 280 g/mol. The van der Waals surface area contributed by atoms with Crippen LogP contribution in [0, 0.1) is 5.92 Å². The minimum atomic E-state index is -3.68. The number of hydrogen-bond acceptors (Lipinski definition) is 3. The second-order valence-corrected chi connectivity index (χ2v) is 7.46. The van der Waals surface area contributed by atoms with Gasteiger partial charge in [-0.25, -0.2) is 0 Å². The Balaban J connectivity index is 2.36. The Kier molecular flexibility index (Phi) is 4.71. The normalized spacial score (nSPS) is 31.4. The molecule has 0 bridgehead atoms. The fourth-order valence-corrected chi connectivity index (χ4v) is 5.68. The lowest BCUT2D eigenvalue weighted by molar-refractivity contribution is -0.141. The molecule has 1 saturated carbocycles. The predicted octanol–water partition coefficient (Wildman–Crippen LogP) is 1.29. The second kappa shape index (κ2) is 5.99. The lowest BCUT2D eigenvalue weighted by Crippen LogP contribution is -2.52. The van der Waals surface area contributed by atoms with Crippen LogP contribution in [-0.2, 0) is 15.0 Å². The number of rotatable bonds is 5. The first-order valence-corrected chi connectivity index (χ1v) is 8.84. The van der Waals surface area contributed by atoms with Crippen LogP contribution in [0.1, 0.15) is 46.0 Å². The summed E-state index contributed by atoms with van der Waals surface area (Å²) >= 11 is 0. The monoisotopic (exact) mass is 304 g/mol. The lowest BCUT2D eigenvalue weighted by Gasteiger charge is -2.35. The standard InChI is InChI=1S/C13H24N2O4S/c1-3-14(4-2)20(18,19)15-11-8-6-5-7-10(11)9-12(15)13(16)17/h10-12H,3-9H2,1-2H3,(H,16,17)/t10-,11+,12-/m0/s1. The van der Waals surface area contributed by atoms with Gasteiger partial charge in [0.15, 0.2) is 0 Å². The van der Waals surface area contributed by atoms with Crippen molar-refractivity contribution in [2.45, 2.75) is 58.0 Å². The molecule has 0 amide bonds. The number of carbonyl (C=O) groups is 1. The van der Waals surface area contributed by atoms with Crippen LogP contribution < -0.4 is 0 Å². The number of carboxylic acid groups (broad SMARTS) is 1. The molecule has 2 fully saturated rings. The van der Waals surface area contributed by atoms with Gasteiger partial charge in [-0.15, -0.1) is 0 Å². The number of fused-ring (bicyclic) bond motifs is 1. The van der Waals surface area contributed by atoms with Crippen LogP contribution in [0.5, 0.6) is 0 Å². The van der Waals surface area contributed by atoms with Crippen LogP contribution in [0.2, 0.25) is 0 Å². The molecule has 0 aromatic carbocycles. The Morgan fingerprint density at radius 1 is 1.25 bits per heavy atom. The summed E-state index contributed by atoms with van der Waals surface area (Å²) < 4.78 is 28.2. The smallest absolute Gasteiger partial charge is 0.322 e. The molecule has 0 aromatic rings. The average molecular weight is 304 g/mol. The lowest BCUT2D eigenvalue weighted by atomic mass is 9.85. The molecule has 2 aliphatic rings. The molecule has 116 valence electrons. The first kappa shape index (κ1) is 15.7. The molecule has 0 radical (unpaired) electrons. The molecular formula is C13H24N2O4S. The number of aliphatic carboxylic acids is 1. The summed E-state index contributed by atoms with van der Waals surface area (Å²) in [4.78, 5) is 11.5. The largest absolute Gasteiger partial charge is 0.480 e. The fourth-order valence-electron chi connectivity index (χ4n) is 3.64. The van der Waals surface area contributed by atoms with Crippen molar-refractivity contribution in [3.8, 4) is 0 Å². The van der Waals surface area contributed by atoms with E-state index in [2.05, 4.69) is 0 Å². The first-order chi connectivity index (χ1) is 9.43. The van der Waals surface area contributed by atoms with Crippen LogP contribution >= 0.6 is 0 Å². The highest BCUT2D eigenvalue weighted by Gasteiger charge is 2.51. The average Bonchev–Trinajstić information content (AvgIpc) is 2.79. The van der Waals surface area contributed by atoms with Gasteiger partial charge in [0.1, 0.15) is 6.04 Å². The third-order valence-electron chi connectivity index (χ3n) is 4.61. The van der Waals surface area contributed by atoms with Gasteiger partial charge in [-0.1, -0.05) is 26.7 Å². The Bertz CT molecular complexity index is 461. The molecule has 7 heteroatoms. The van der Waals surface area contributed by atoms with Crippen molar-refractivity contribution >= 4 is 16.2 Å². The zero-order valence-corrected chi connectivity index (χ0v) is 13.0. The van der Waals surface area contributed by atoms with E-state index in [4.69, 9.17) is 0 Å². The highest BCUT2D eigenvalue weighted by Crippen LogP contribution is 2.41. The molecule has 0 unspecified atom stereocenters. The van der Waals surface area contributed by atoms with E-state index in [-0.39, 0.29) is 12.0 Å². The highest BCUT2D eigenvalue weighted by molar-refractivity contribution is 7.86. The zero-order chi connectivity index (χ0) is 14.9. The second-order valence-electron chi connectivity index (χ2n) is 5.62. The van der Waals surface area contributed by atoms with E-state index in [1.54, 1.807) is 13.8 Å². The van der Waals surface area contributed by atoms with Gasteiger partial charge in [0.2, 0.25) is 0 Å². The van der Waals surface area contributed by atoms with E-state index in [9.17, 15) is 18.3 Å². The molecule has 1 aliphatic heterocycles. The van der Waals surface area contributed by atoms with E-state index in [0.29, 0.717) is 19.5 Å². The summed E-state index contributed by atoms with van der Waals surface area (Å²) in [6.45, 7) is 4.31. The topological polar surface area (TPSA) is 77.9 Å². The van der Waals surface area contributed by atoms with E-state index >= 15 is 0 Å². The quantitative estimate of drug-likeness (QED) is 0.830. The maximum absolute atomic E-state index is 12.8. The molecule has 0 aromatic heterocycles. The van der Waals surface area contributed by atoms with Crippen molar-refractivity contribution in [3.63, 3.8) is 0 Å². The van der Waals surface area contributed by atoms with Gasteiger partial charge in [-0.05, 0) is 25.2 Å². The summed E-state index contributed by atoms with van der Waals surface area (Å²) in [5.74, 6) is -0.815. The summed E-state index contributed by atoms with van der Waals surface area (Å²) in [6, 6.07) is -1.02. The van der Waals surface area contributed by atoms with Gasteiger partial charge >= 0.3 is 5.97 Å². The third kappa shape index (κ3) is 2.58. The summed E-state index contributed by atoms with van der Waals surface area (Å²) in [5, 5.41) is 9.40. The first-order valence-electron chi connectivity index (χ1n) is 7.44. The van der Waals surface area contributed by atoms with Gasteiger partial charge in [-0.2, -0.15) is 17.0 Å². The minimum Gasteiger partial charge on any atom is -0.480 e. The molecule has 6 nitrogen and oxygen atoms in total. The number of nitrogens with zero attached hydrogens (tertiary/aromatic N) is 2. The van der Waals surface area contributed by atoms with Crippen molar-refractivity contribution in [1.82, 2.24) is 8.61 Å². The molecule has 2 rings (SSSR count). The summed E-state index contributed by atoms with van der Waals surface area (Å²) in [7, 11) is -3.68. The van der Waals surface area contributed by atoms with Crippen LogP contribution in [0.25, 0.3) is 0 Å². The third-order valence-corrected chi connectivity index (χ3v) is 6.84. The minimum absolute atomic E-state index is 0.129. The molecule has 1 heterocycles. The van der Waals surface area contributed by atoms with Crippen molar-refractivity contribution < 1.29 is 18.3 Å². The van der Waals surface area contributed by atoms with E-state index < -0.39 is 22.2 Å². The Morgan fingerprint density at radius 3 is 2.40 bits per heavy atom. The van der Waals surface area contributed by atoms with Crippen molar-refractivity contribution in [1.29, 1.82) is 0 Å². The van der Waals surface area contributed by atoms with E-state index in [1.807, 2.05) is 0 Å². The maximum atomic E-state index is 12.8. The van der Waals surface area contributed by atoms with Gasteiger partial charge in [0.25, 0.3) is 10.2 Å². The summed E-state index contributed by atoms with van der Waals surface area (Å²) in [6.07, 6.45) is 4.25. The van der Waals surface area contributed by atoms with Gasteiger partial charge in [0.05, 0.1) is 0 Å². The van der Waals surface area contributed by atoms with Gasteiger partial charge in [-0.3, -0.25) is 4.79 Å². The predicted molar refractivity (Wildman–Crippen MR) is 75.5 cm³/mol. The van der Waals surface area contributed by atoms with Crippen LogP contribution in [0.3, 0.4) is 0 Å². The summed E-state index contributed by atoms with van der Waals surface area (Å²) in [5.41, 5.74) is 0. The fraction of sp³-hybridized carbons (Fsp3) is 0.923.